The van der Waals surface area contributed by atoms with E-state index in [4.69, 9.17) is 24.7 Å². The van der Waals surface area contributed by atoms with Crippen LogP contribution in [0, 0.1) is 0 Å². The van der Waals surface area contributed by atoms with Gasteiger partial charge in [0, 0.05) is 6.54 Å². The van der Waals surface area contributed by atoms with Crippen molar-refractivity contribution >= 4 is 0 Å². The molecule has 1 atom stereocenters. The summed E-state index contributed by atoms with van der Waals surface area (Å²) in [7, 11) is 4.66. The van der Waals surface area contributed by atoms with E-state index in [1.807, 2.05) is 0 Å². The molecule has 0 radical (unpaired) electrons. The third kappa shape index (κ3) is 4.27. The van der Waals surface area contributed by atoms with Crippen molar-refractivity contribution in [2.24, 2.45) is 5.73 Å². The van der Waals surface area contributed by atoms with Crippen LogP contribution in [0.3, 0.4) is 0 Å². The molecule has 0 aromatic heterocycles. The minimum Gasteiger partial charge on any atom is -0.493 e. The Balaban J connectivity index is 2.79. The number of hydrogen-bond donors (Lipinski definition) is 2. The molecule has 6 heteroatoms. The Bertz CT molecular complexity index is 372. The number of benzene rings is 1. The number of nitrogens with two attached hydrogens (primary N) is 1. The molecule has 0 bridgehead atoms. The third-order valence-electron chi connectivity index (χ3n) is 2.58. The Morgan fingerprint density at radius 2 is 1.68 bits per heavy atom. The molecule has 0 aliphatic rings. The van der Waals surface area contributed by atoms with Crippen LogP contribution < -0.4 is 19.9 Å². The Morgan fingerprint density at radius 3 is 2.11 bits per heavy atom. The average Bonchev–Trinajstić information content (AvgIpc) is 2.45. The Hall–Kier alpha value is -1.50. The summed E-state index contributed by atoms with van der Waals surface area (Å²) in [6.07, 6.45) is -0.651. The summed E-state index contributed by atoms with van der Waals surface area (Å²) in [5, 5.41) is 9.30. The van der Waals surface area contributed by atoms with Crippen molar-refractivity contribution in [1.29, 1.82) is 0 Å². The van der Waals surface area contributed by atoms with Crippen LogP contribution in [0.25, 0.3) is 0 Å². The zero-order chi connectivity index (χ0) is 14.3. The van der Waals surface area contributed by atoms with E-state index >= 15 is 0 Å². The normalized spacial score (nSPS) is 12.1. The molecule has 108 valence electrons. The predicted molar refractivity (Wildman–Crippen MR) is 70.8 cm³/mol. The first-order valence-corrected chi connectivity index (χ1v) is 5.91. The van der Waals surface area contributed by atoms with Crippen LogP contribution in [0.1, 0.15) is 5.56 Å². The largest absolute Gasteiger partial charge is 0.493 e. The van der Waals surface area contributed by atoms with Crippen LogP contribution in [0.5, 0.6) is 17.2 Å². The molecule has 3 N–H and O–H groups in total. The van der Waals surface area contributed by atoms with Crippen molar-refractivity contribution in [3.8, 4) is 17.2 Å². The minimum atomic E-state index is -0.651. The molecular weight excluding hydrogens is 250 g/mol. The first-order chi connectivity index (χ1) is 9.15. The third-order valence-corrected chi connectivity index (χ3v) is 2.58. The Kier molecular flexibility index (Phi) is 6.41. The monoisotopic (exact) mass is 271 g/mol. The molecule has 0 heterocycles. The van der Waals surface area contributed by atoms with Crippen molar-refractivity contribution in [3.63, 3.8) is 0 Å². The molecule has 0 spiro atoms. The van der Waals surface area contributed by atoms with Gasteiger partial charge >= 0.3 is 0 Å². The van der Waals surface area contributed by atoms with E-state index in [1.54, 1.807) is 33.5 Å². The van der Waals surface area contributed by atoms with Crippen molar-refractivity contribution in [2.45, 2.75) is 12.7 Å². The highest BCUT2D eigenvalue weighted by Crippen LogP contribution is 2.38. The van der Waals surface area contributed by atoms with Crippen molar-refractivity contribution in [3.05, 3.63) is 17.7 Å². The van der Waals surface area contributed by atoms with Gasteiger partial charge in [-0.15, -0.1) is 0 Å². The molecule has 0 saturated heterocycles. The fourth-order valence-electron chi connectivity index (χ4n) is 1.60. The van der Waals surface area contributed by atoms with Gasteiger partial charge in [-0.3, -0.25) is 0 Å². The van der Waals surface area contributed by atoms with Gasteiger partial charge in [0.15, 0.2) is 11.5 Å². The van der Waals surface area contributed by atoms with Gasteiger partial charge in [0.05, 0.1) is 40.6 Å². The highest BCUT2D eigenvalue weighted by atomic mass is 16.5. The first-order valence-electron chi connectivity index (χ1n) is 5.91. The quantitative estimate of drug-likeness (QED) is 0.718. The summed E-state index contributed by atoms with van der Waals surface area (Å²) in [6.45, 7) is 0.691. The summed E-state index contributed by atoms with van der Waals surface area (Å²) < 4.78 is 21.1. The lowest BCUT2D eigenvalue weighted by atomic mass is 10.2. The second-order valence-electron chi connectivity index (χ2n) is 3.94. The zero-order valence-electron chi connectivity index (χ0n) is 11.5. The van der Waals surface area contributed by atoms with E-state index in [9.17, 15) is 5.11 Å². The van der Waals surface area contributed by atoms with Gasteiger partial charge in [-0.1, -0.05) is 0 Å². The smallest absolute Gasteiger partial charge is 0.203 e. The summed E-state index contributed by atoms with van der Waals surface area (Å²) in [5.41, 5.74) is 6.15. The van der Waals surface area contributed by atoms with Gasteiger partial charge in [-0.05, 0) is 17.7 Å². The van der Waals surface area contributed by atoms with E-state index in [0.717, 1.165) is 5.56 Å². The Labute approximate surface area is 113 Å². The number of hydrogen-bond acceptors (Lipinski definition) is 6. The number of methoxy groups -OCH3 is 3. The fourth-order valence-corrected chi connectivity index (χ4v) is 1.60. The zero-order valence-corrected chi connectivity index (χ0v) is 11.5. The molecule has 1 aromatic rings. The van der Waals surface area contributed by atoms with E-state index in [2.05, 4.69) is 0 Å². The maximum atomic E-state index is 9.30. The lowest BCUT2D eigenvalue weighted by Gasteiger charge is -2.14. The van der Waals surface area contributed by atoms with E-state index in [0.29, 0.717) is 23.9 Å². The van der Waals surface area contributed by atoms with Crippen molar-refractivity contribution in [1.82, 2.24) is 0 Å². The lowest BCUT2D eigenvalue weighted by molar-refractivity contribution is 0.0328. The van der Waals surface area contributed by atoms with Crippen LogP contribution in [0.2, 0.25) is 0 Å². The van der Waals surface area contributed by atoms with Crippen LogP contribution in [-0.4, -0.2) is 45.7 Å². The van der Waals surface area contributed by atoms with E-state index in [1.165, 1.54) is 0 Å². The SMILES string of the molecule is COc1cc(COC[C@@H](O)CN)cc(OC)c1OC. The maximum absolute atomic E-state index is 9.30. The summed E-state index contributed by atoms with van der Waals surface area (Å²) in [6, 6.07) is 3.60. The molecule has 0 amide bonds. The maximum Gasteiger partial charge on any atom is 0.203 e. The first kappa shape index (κ1) is 15.6. The highest BCUT2D eigenvalue weighted by Gasteiger charge is 2.13. The minimum absolute atomic E-state index is 0.176. The fraction of sp³-hybridized carbons (Fsp3) is 0.538. The molecule has 6 nitrogen and oxygen atoms in total. The predicted octanol–water partition coefficient (Wildman–Crippen LogP) is 0.549. The Morgan fingerprint density at radius 1 is 1.11 bits per heavy atom. The van der Waals surface area contributed by atoms with Crippen LogP contribution in [-0.2, 0) is 11.3 Å². The molecule has 0 aliphatic carbocycles. The number of aliphatic hydroxyl groups is 1. The van der Waals surface area contributed by atoms with Gasteiger partial charge in [0.1, 0.15) is 0 Å². The highest BCUT2D eigenvalue weighted by molar-refractivity contribution is 5.53. The van der Waals surface area contributed by atoms with Crippen LogP contribution >= 0.6 is 0 Å². The second kappa shape index (κ2) is 7.83. The molecule has 1 aromatic carbocycles. The average molecular weight is 271 g/mol. The summed E-state index contributed by atoms with van der Waals surface area (Å²) >= 11 is 0. The number of ether oxygens (including phenoxy) is 4. The van der Waals surface area contributed by atoms with Gasteiger partial charge in [0.25, 0.3) is 0 Å². The number of rotatable bonds is 8. The summed E-state index contributed by atoms with van der Waals surface area (Å²) in [5.74, 6) is 1.68. The van der Waals surface area contributed by atoms with Gasteiger partial charge < -0.3 is 29.8 Å². The molecule has 0 unspecified atom stereocenters. The molecule has 0 aliphatic heterocycles. The van der Waals surface area contributed by atoms with Crippen LogP contribution in [0.15, 0.2) is 12.1 Å². The second-order valence-corrected chi connectivity index (χ2v) is 3.94. The lowest BCUT2D eigenvalue weighted by Crippen LogP contribution is -2.24. The molecule has 0 fully saturated rings. The van der Waals surface area contributed by atoms with E-state index < -0.39 is 6.10 Å². The summed E-state index contributed by atoms with van der Waals surface area (Å²) in [4.78, 5) is 0. The number of aliphatic hydroxyl groups excluding tert-OH is 1. The topological polar surface area (TPSA) is 83.2 Å². The molecular formula is C13H21NO5. The van der Waals surface area contributed by atoms with Gasteiger partial charge in [-0.2, -0.15) is 0 Å². The molecule has 19 heavy (non-hydrogen) atoms. The van der Waals surface area contributed by atoms with Crippen LogP contribution in [0.4, 0.5) is 0 Å². The van der Waals surface area contributed by atoms with Crippen molar-refractivity contribution < 1.29 is 24.1 Å². The molecule has 1 rings (SSSR count). The standard InChI is InChI=1S/C13H21NO5/c1-16-11-4-9(7-19-8-10(15)6-14)5-12(17-2)13(11)18-3/h4-5,10,15H,6-8,14H2,1-3H3/t10-/m0/s1. The van der Waals surface area contributed by atoms with Gasteiger partial charge in [0.2, 0.25) is 5.75 Å². The molecule has 0 saturated carbocycles. The van der Waals surface area contributed by atoms with Crippen molar-refractivity contribution in [2.75, 3.05) is 34.5 Å². The van der Waals surface area contributed by atoms with Gasteiger partial charge in [-0.25, -0.2) is 0 Å². The van der Waals surface area contributed by atoms with E-state index in [-0.39, 0.29) is 13.2 Å².